The summed E-state index contributed by atoms with van der Waals surface area (Å²) in [6, 6.07) is 3.46. The standard InChI is InChI=1S/C17H15N3O9/c1-8-15(20(24)25)9(4-14(26-2)16(8)27-3)17(21)18-10-5-12-13(29-7-28-12)6-11(10)19(22)23/h4-6H,7H2,1-3H3,(H,18,21). The van der Waals surface area contributed by atoms with Crippen LogP contribution < -0.4 is 24.3 Å². The predicted octanol–water partition coefficient (Wildman–Crippen LogP) is 2.81. The van der Waals surface area contributed by atoms with E-state index in [4.69, 9.17) is 18.9 Å². The summed E-state index contributed by atoms with van der Waals surface area (Å²) in [6.07, 6.45) is 0. The molecule has 29 heavy (non-hydrogen) atoms. The summed E-state index contributed by atoms with van der Waals surface area (Å²) in [7, 11) is 2.62. The number of nitrogens with zero attached hydrogens (tertiary/aromatic N) is 2. The van der Waals surface area contributed by atoms with E-state index in [-0.39, 0.29) is 46.6 Å². The summed E-state index contributed by atoms with van der Waals surface area (Å²) < 4.78 is 20.5. The number of rotatable bonds is 6. The highest BCUT2D eigenvalue weighted by atomic mass is 16.7. The van der Waals surface area contributed by atoms with Crippen molar-refractivity contribution < 1.29 is 33.6 Å². The number of carbonyl (C=O) groups excluding carboxylic acids is 1. The second-order valence-electron chi connectivity index (χ2n) is 5.82. The maximum atomic E-state index is 12.8. The van der Waals surface area contributed by atoms with E-state index >= 15 is 0 Å². The minimum absolute atomic E-state index is 0.0715. The smallest absolute Gasteiger partial charge is 0.296 e. The van der Waals surface area contributed by atoms with Crippen molar-refractivity contribution in [2.24, 2.45) is 0 Å². The van der Waals surface area contributed by atoms with Gasteiger partial charge in [0.05, 0.1) is 35.7 Å². The van der Waals surface area contributed by atoms with E-state index in [2.05, 4.69) is 5.32 Å². The Bertz CT molecular complexity index is 1040. The molecule has 0 aromatic heterocycles. The second kappa shape index (κ2) is 7.50. The van der Waals surface area contributed by atoms with Crippen LogP contribution in [0.25, 0.3) is 0 Å². The van der Waals surface area contributed by atoms with Gasteiger partial charge in [-0.1, -0.05) is 0 Å². The Balaban J connectivity index is 2.09. The van der Waals surface area contributed by atoms with Crippen molar-refractivity contribution in [3.63, 3.8) is 0 Å². The monoisotopic (exact) mass is 405 g/mol. The van der Waals surface area contributed by atoms with Crippen LogP contribution in [0.2, 0.25) is 0 Å². The van der Waals surface area contributed by atoms with Gasteiger partial charge >= 0.3 is 0 Å². The number of nitrogens with one attached hydrogen (secondary N) is 1. The summed E-state index contributed by atoms with van der Waals surface area (Å²) in [6.45, 7) is 1.28. The highest BCUT2D eigenvalue weighted by Gasteiger charge is 2.31. The molecule has 1 aliphatic heterocycles. The molecule has 1 aliphatic rings. The molecular formula is C17H15N3O9. The second-order valence-corrected chi connectivity index (χ2v) is 5.82. The lowest BCUT2D eigenvalue weighted by Gasteiger charge is -2.14. The van der Waals surface area contributed by atoms with Gasteiger partial charge in [-0.2, -0.15) is 0 Å². The van der Waals surface area contributed by atoms with Crippen LogP contribution in [-0.2, 0) is 0 Å². The molecule has 152 valence electrons. The summed E-state index contributed by atoms with van der Waals surface area (Å²) in [5, 5.41) is 25.3. The number of anilines is 1. The molecule has 3 rings (SSSR count). The maximum absolute atomic E-state index is 12.8. The highest BCUT2D eigenvalue weighted by molar-refractivity contribution is 6.09. The van der Waals surface area contributed by atoms with Gasteiger partial charge < -0.3 is 24.3 Å². The SMILES string of the molecule is COc1cc(C(=O)Nc2cc3c(cc2[N+](=O)[O-])OCO3)c([N+](=O)[O-])c(C)c1OC. The molecule has 0 atom stereocenters. The van der Waals surface area contributed by atoms with E-state index in [0.717, 1.165) is 12.1 Å². The van der Waals surface area contributed by atoms with Crippen molar-refractivity contribution in [1.82, 2.24) is 0 Å². The number of carbonyl (C=O) groups is 1. The van der Waals surface area contributed by atoms with Crippen LogP contribution in [0.15, 0.2) is 18.2 Å². The van der Waals surface area contributed by atoms with Gasteiger partial charge in [-0.3, -0.25) is 25.0 Å². The quantitative estimate of drug-likeness (QED) is 0.564. The molecule has 0 bridgehead atoms. The van der Waals surface area contributed by atoms with Crippen molar-refractivity contribution in [1.29, 1.82) is 0 Å². The average Bonchev–Trinajstić information content (AvgIpc) is 3.13. The third-order valence-electron chi connectivity index (χ3n) is 4.24. The van der Waals surface area contributed by atoms with Gasteiger partial charge in [0.1, 0.15) is 11.3 Å². The molecular weight excluding hydrogens is 390 g/mol. The summed E-state index contributed by atoms with van der Waals surface area (Å²) in [4.78, 5) is 34.3. The number of ether oxygens (including phenoxy) is 4. The maximum Gasteiger partial charge on any atom is 0.296 e. The molecule has 1 amide bonds. The Labute approximate surface area is 163 Å². The number of hydrogen-bond donors (Lipinski definition) is 1. The fourth-order valence-corrected chi connectivity index (χ4v) is 2.95. The Morgan fingerprint density at radius 3 is 2.28 bits per heavy atom. The van der Waals surface area contributed by atoms with Crippen molar-refractivity contribution >= 4 is 23.0 Å². The third-order valence-corrected chi connectivity index (χ3v) is 4.24. The molecule has 0 unspecified atom stereocenters. The average molecular weight is 405 g/mol. The van der Waals surface area contributed by atoms with E-state index < -0.39 is 27.1 Å². The fraction of sp³-hybridized carbons (Fsp3) is 0.235. The molecule has 2 aromatic rings. The topological polar surface area (TPSA) is 152 Å². The lowest BCUT2D eigenvalue weighted by atomic mass is 10.0. The summed E-state index contributed by atoms with van der Waals surface area (Å²) in [5.74, 6) is -0.389. The first kappa shape index (κ1) is 19.7. The lowest BCUT2D eigenvalue weighted by molar-refractivity contribution is -0.385. The van der Waals surface area contributed by atoms with Crippen LogP contribution in [0.1, 0.15) is 15.9 Å². The third kappa shape index (κ3) is 3.42. The minimum atomic E-state index is -0.942. The Kier molecular flexibility index (Phi) is 5.08. The molecule has 1 heterocycles. The largest absolute Gasteiger partial charge is 0.493 e. The zero-order valence-electron chi connectivity index (χ0n) is 15.5. The van der Waals surface area contributed by atoms with Gasteiger partial charge in [-0.15, -0.1) is 0 Å². The molecule has 0 spiro atoms. The van der Waals surface area contributed by atoms with E-state index in [1.165, 1.54) is 27.2 Å². The van der Waals surface area contributed by atoms with E-state index in [1.807, 2.05) is 0 Å². The van der Waals surface area contributed by atoms with Crippen LogP contribution in [0.3, 0.4) is 0 Å². The zero-order chi connectivity index (χ0) is 21.3. The number of hydrogen-bond acceptors (Lipinski definition) is 9. The highest BCUT2D eigenvalue weighted by Crippen LogP contribution is 2.42. The molecule has 0 saturated carbocycles. The first-order valence-electron chi connectivity index (χ1n) is 8.07. The molecule has 12 nitrogen and oxygen atoms in total. The van der Waals surface area contributed by atoms with Gasteiger partial charge in [0.25, 0.3) is 17.3 Å². The number of fused-ring (bicyclic) bond motifs is 1. The van der Waals surface area contributed by atoms with Crippen molar-refractivity contribution in [3.8, 4) is 23.0 Å². The number of nitro benzene ring substituents is 2. The normalized spacial score (nSPS) is 11.7. The molecule has 0 fully saturated rings. The van der Waals surface area contributed by atoms with Crippen LogP contribution in [0.5, 0.6) is 23.0 Å². The molecule has 2 aromatic carbocycles. The van der Waals surface area contributed by atoms with E-state index in [0.29, 0.717) is 0 Å². The van der Waals surface area contributed by atoms with Gasteiger partial charge in [0.2, 0.25) is 6.79 Å². The number of nitro groups is 2. The molecule has 1 N–H and O–H groups in total. The van der Waals surface area contributed by atoms with Crippen LogP contribution >= 0.6 is 0 Å². The van der Waals surface area contributed by atoms with E-state index in [1.54, 1.807) is 0 Å². The Hall–Kier alpha value is -4.09. The van der Waals surface area contributed by atoms with Gasteiger partial charge in [0.15, 0.2) is 23.0 Å². The molecule has 0 saturated heterocycles. The molecule has 0 aliphatic carbocycles. The summed E-state index contributed by atoms with van der Waals surface area (Å²) in [5.41, 5.74) is -1.45. The van der Waals surface area contributed by atoms with Crippen LogP contribution in [0, 0.1) is 27.2 Å². The lowest BCUT2D eigenvalue weighted by Crippen LogP contribution is -2.16. The first-order chi connectivity index (χ1) is 13.8. The van der Waals surface area contributed by atoms with E-state index in [9.17, 15) is 25.0 Å². The van der Waals surface area contributed by atoms with Gasteiger partial charge in [-0.05, 0) is 6.92 Å². The number of amides is 1. The van der Waals surface area contributed by atoms with Crippen LogP contribution in [0.4, 0.5) is 17.1 Å². The minimum Gasteiger partial charge on any atom is -0.493 e. The van der Waals surface area contributed by atoms with Crippen molar-refractivity contribution in [2.45, 2.75) is 6.92 Å². The van der Waals surface area contributed by atoms with Gasteiger partial charge in [-0.25, -0.2) is 0 Å². The fourth-order valence-electron chi connectivity index (χ4n) is 2.95. The van der Waals surface area contributed by atoms with Crippen LogP contribution in [-0.4, -0.2) is 36.8 Å². The van der Waals surface area contributed by atoms with Gasteiger partial charge in [0, 0.05) is 12.1 Å². The molecule has 12 heteroatoms. The Morgan fingerprint density at radius 2 is 1.72 bits per heavy atom. The Morgan fingerprint density at radius 1 is 1.07 bits per heavy atom. The van der Waals surface area contributed by atoms with Crippen molar-refractivity contribution in [2.75, 3.05) is 26.3 Å². The number of benzene rings is 2. The first-order valence-corrected chi connectivity index (χ1v) is 8.07. The zero-order valence-corrected chi connectivity index (χ0v) is 15.5. The number of methoxy groups -OCH3 is 2. The predicted molar refractivity (Wildman–Crippen MR) is 98.1 cm³/mol. The summed E-state index contributed by atoms with van der Waals surface area (Å²) >= 11 is 0. The molecule has 0 radical (unpaired) electrons. The van der Waals surface area contributed by atoms with Crippen molar-refractivity contribution in [3.05, 3.63) is 49.6 Å².